The number of hydrogen-bond donors (Lipinski definition) is 0. The molecule has 160 valence electrons. The smallest absolute Gasteiger partial charge is 0.232 e. The van der Waals surface area contributed by atoms with Crippen LogP contribution in [0, 0.1) is 12.8 Å². The van der Waals surface area contributed by atoms with Gasteiger partial charge < -0.3 is 14.3 Å². The summed E-state index contributed by atoms with van der Waals surface area (Å²) >= 11 is 0. The summed E-state index contributed by atoms with van der Waals surface area (Å²) in [6.45, 7) is 7.15. The Kier molecular flexibility index (Phi) is 5.22. The molecule has 2 aliphatic heterocycles. The first-order valence-electron chi connectivity index (χ1n) is 11.1. The van der Waals surface area contributed by atoms with E-state index >= 15 is 0 Å². The minimum Gasteiger partial charge on any atom is -0.372 e. The average molecular weight is 417 g/mol. The Bertz CT molecular complexity index is 1050. The van der Waals surface area contributed by atoms with Crippen LogP contribution in [0.4, 0.5) is 11.4 Å². The van der Waals surface area contributed by atoms with Crippen molar-refractivity contribution in [3.05, 3.63) is 60.0 Å². The van der Waals surface area contributed by atoms with Gasteiger partial charge in [-0.25, -0.2) is 0 Å². The minimum atomic E-state index is -0.0790. The van der Waals surface area contributed by atoms with Gasteiger partial charge in [0.1, 0.15) is 0 Å². The van der Waals surface area contributed by atoms with Crippen molar-refractivity contribution in [1.29, 1.82) is 0 Å². The standard InChI is InChI=1S/C25H28N4O2/c1-17-3-7-22(8-4-17)29-16-20(15-23(29)30)25-26-24(27-31-25)19-5-9-21(10-6-19)28-13-11-18(2)12-14-28/h3-10,18,20H,11-16H2,1-2H3. The highest BCUT2D eigenvalue weighted by Crippen LogP contribution is 2.32. The van der Waals surface area contributed by atoms with Gasteiger partial charge >= 0.3 is 0 Å². The van der Waals surface area contributed by atoms with Gasteiger partial charge in [0.05, 0.1) is 5.92 Å². The van der Waals surface area contributed by atoms with Gasteiger partial charge in [-0.05, 0) is 62.1 Å². The fourth-order valence-electron chi connectivity index (χ4n) is 4.45. The van der Waals surface area contributed by atoms with Crippen molar-refractivity contribution < 1.29 is 9.32 Å². The van der Waals surface area contributed by atoms with Crippen LogP contribution >= 0.6 is 0 Å². The predicted octanol–water partition coefficient (Wildman–Crippen LogP) is 4.80. The maximum atomic E-state index is 12.6. The molecule has 0 bridgehead atoms. The summed E-state index contributed by atoms with van der Waals surface area (Å²) in [6.07, 6.45) is 2.88. The minimum absolute atomic E-state index is 0.0790. The number of benzene rings is 2. The summed E-state index contributed by atoms with van der Waals surface area (Å²) in [4.78, 5) is 21.4. The summed E-state index contributed by atoms with van der Waals surface area (Å²) in [5.74, 6) is 1.94. The predicted molar refractivity (Wildman–Crippen MR) is 121 cm³/mol. The van der Waals surface area contributed by atoms with E-state index in [2.05, 4.69) is 46.2 Å². The van der Waals surface area contributed by atoms with Gasteiger partial charge in [-0.3, -0.25) is 4.79 Å². The van der Waals surface area contributed by atoms with Crippen LogP contribution in [-0.4, -0.2) is 35.7 Å². The molecule has 3 heterocycles. The first-order valence-corrected chi connectivity index (χ1v) is 11.1. The van der Waals surface area contributed by atoms with Crippen LogP contribution in [0.25, 0.3) is 11.4 Å². The Hall–Kier alpha value is -3.15. The topological polar surface area (TPSA) is 62.5 Å². The lowest BCUT2D eigenvalue weighted by atomic mass is 9.98. The fraction of sp³-hybridized carbons (Fsp3) is 0.400. The lowest BCUT2D eigenvalue weighted by Crippen LogP contribution is -2.32. The summed E-state index contributed by atoms with van der Waals surface area (Å²) < 4.78 is 5.56. The molecular formula is C25H28N4O2. The quantitative estimate of drug-likeness (QED) is 0.611. The molecular weight excluding hydrogens is 388 g/mol. The molecule has 0 radical (unpaired) electrons. The summed E-state index contributed by atoms with van der Waals surface area (Å²) in [5, 5.41) is 4.19. The summed E-state index contributed by atoms with van der Waals surface area (Å²) in [5.41, 5.74) is 4.27. The number of hydrogen-bond acceptors (Lipinski definition) is 5. The third-order valence-corrected chi connectivity index (χ3v) is 6.54. The third-order valence-electron chi connectivity index (χ3n) is 6.54. The maximum absolute atomic E-state index is 12.6. The zero-order chi connectivity index (χ0) is 21.4. The Balaban J connectivity index is 1.28. The molecule has 1 aromatic heterocycles. The molecule has 31 heavy (non-hydrogen) atoms. The number of carbonyl (C=O) groups is 1. The number of nitrogens with zero attached hydrogens (tertiary/aromatic N) is 4. The van der Waals surface area contributed by atoms with Gasteiger partial charge in [-0.1, -0.05) is 29.8 Å². The van der Waals surface area contributed by atoms with E-state index < -0.39 is 0 Å². The van der Waals surface area contributed by atoms with Crippen molar-refractivity contribution in [2.24, 2.45) is 5.92 Å². The monoisotopic (exact) mass is 416 g/mol. The van der Waals surface area contributed by atoms with E-state index in [9.17, 15) is 4.79 Å². The molecule has 0 aliphatic carbocycles. The molecule has 3 aromatic rings. The molecule has 6 nitrogen and oxygen atoms in total. The molecule has 2 aromatic carbocycles. The zero-order valence-electron chi connectivity index (χ0n) is 18.1. The Morgan fingerprint density at radius 1 is 0.968 bits per heavy atom. The number of amides is 1. The molecule has 5 rings (SSSR count). The summed E-state index contributed by atoms with van der Waals surface area (Å²) in [7, 11) is 0. The van der Waals surface area contributed by atoms with E-state index in [0.29, 0.717) is 24.7 Å². The number of carbonyl (C=O) groups excluding carboxylic acids is 1. The number of piperidine rings is 1. The first-order chi connectivity index (χ1) is 15.1. The molecule has 0 N–H and O–H groups in total. The highest BCUT2D eigenvalue weighted by Gasteiger charge is 2.35. The van der Waals surface area contributed by atoms with Crippen molar-refractivity contribution >= 4 is 17.3 Å². The molecule has 1 amide bonds. The highest BCUT2D eigenvalue weighted by atomic mass is 16.5. The highest BCUT2D eigenvalue weighted by molar-refractivity contribution is 5.96. The van der Waals surface area contributed by atoms with Crippen LogP contribution in [0.1, 0.15) is 43.6 Å². The molecule has 2 saturated heterocycles. The molecule has 1 unspecified atom stereocenters. The van der Waals surface area contributed by atoms with Crippen LogP contribution < -0.4 is 9.80 Å². The summed E-state index contributed by atoms with van der Waals surface area (Å²) in [6, 6.07) is 16.4. The normalized spacial score (nSPS) is 19.9. The molecule has 2 aliphatic rings. The van der Waals surface area contributed by atoms with Crippen LogP contribution in [0.2, 0.25) is 0 Å². The van der Waals surface area contributed by atoms with Crippen molar-refractivity contribution in [1.82, 2.24) is 10.1 Å². The SMILES string of the molecule is Cc1ccc(N2CC(c3nc(-c4ccc(N5CCC(C)CC5)cc4)no3)CC2=O)cc1. The second-order valence-corrected chi connectivity index (χ2v) is 8.91. The van der Waals surface area contributed by atoms with E-state index in [1.807, 2.05) is 36.1 Å². The molecule has 2 fully saturated rings. The molecule has 0 spiro atoms. The van der Waals surface area contributed by atoms with Gasteiger partial charge in [-0.15, -0.1) is 0 Å². The van der Waals surface area contributed by atoms with Crippen molar-refractivity contribution in [3.63, 3.8) is 0 Å². The Morgan fingerprint density at radius 2 is 1.65 bits per heavy atom. The zero-order valence-corrected chi connectivity index (χ0v) is 18.1. The number of aromatic nitrogens is 2. The lowest BCUT2D eigenvalue weighted by molar-refractivity contribution is -0.117. The molecule has 1 atom stereocenters. The van der Waals surface area contributed by atoms with E-state index in [1.54, 1.807) is 0 Å². The lowest BCUT2D eigenvalue weighted by Gasteiger charge is -2.32. The number of aryl methyl sites for hydroxylation is 1. The second kappa shape index (κ2) is 8.17. The largest absolute Gasteiger partial charge is 0.372 e. The van der Waals surface area contributed by atoms with Gasteiger partial charge in [0.25, 0.3) is 0 Å². The van der Waals surface area contributed by atoms with E-state index in [-0.39, 0.29) is 11.8 Å². The number of anilines is 2. The Morgan fingerprint density at radius 3 is 2.35 bits per heavy atom. The third kappa shape index (κ3) is 4.07. The second-order valence-electron chi connectivity index (χ2n) is 8.91. The first kappa shape index (κ1) is 19.8. The van der Waals surface area contributed by atoms with Gasteiger partial charge in [-0.2, -0.15) is 4.98 Å². The van der Waals surface area contributed by atoms with Crippen molar-refractivity contribution in [2.75, 3.05) is 29.4 Å². The van der Waals surface area contributed by atoms with Crippen LogP contribution in [-0.2, 0) is 4.79 Å². The van der Waals surface area contributed by atoms with E-state index in [0.717, 1.165) is 30.3 Å². The van der Waals surface area contributed by atoms with Crippen LogP contribution in [0.5, 0.6) is 0 Å². The van der Waals surface area contributed by atoms with E-state index in [4.69, 9.17) is 4.52 Å². The van der Waals surface area contributed by atoms with E-state index in [1.165, 1.54) is 24.1 Å². The van der Waals surface area contributed by atoms with Crippen molar-refractivity contribution in [3.8, 4) is 11.4 Å². The van der Waals surface area contributed by atoms with Gasteiger partial charge in [0.2, 0.25) is 17.6 Å². The van der Waals surface area contributed by atoms with Crippen LogP contribution in [0.3, 0.4) is 0 Å². The fourth-order valence-corrected chi connectivity index (χ4v) is 4.45. The van der Waals surface area contributed by atoms with Crippen LogP contribution in [0.15, 0.2) is 53.1 Å². The maximum Gasteiger partial charge on any atom is 0.232 e. The molecule has 0 saturated carbocycles. The Labute approximate surface area is 182 Å². The van der Waals surface area contributed by atoms with Gasteiger partial charge in [0.15, 0.2) is 0 Å². The number of rotatable bonds is 4. The van der Waals surface area contributed by atoms with Gasteiger partial charge in [0, 0.05) is 43.0 Å². The average Bonchev–Trinajstić information content (AvgIpc) is 3.42. The van der Waals surface area contributed by atoms with Crippen molar-refractivity contribution in [2.45, 2.75) is 39.0 Å². The molecule has 6 heteroatoms.